The highest BCUT2D eigenvalue weighted by molar-refractivity contribution is 5.92. The van der Waals surface area contributed by atoms with Crippen LogP contribution in [0.3, 0.4) is 0 Å². The molecule has 5 nitrogen and oxygen atoms in total. The number of carbonyl (C=O) groups excluding carboxylic acids is 2. The van der Waals surface area contributed by atoms with Gasteiger partial charge in [-0.2, -0.15) is 5.26 Å². The molecule has 1 aliphatic carbocycles. The highest BCUT2D eigenvalue weighted by Gasteiger charge is 2.35. The molecule has 0 radical (unpaired) electrons. The summed E-state index contributed by atoms with van der Waals surface area (Å²) in [6.07, 6.45) is 3.25. The predicted octanol–water partition coefficient (Wildman–Crippen LogP) is 3.87. The van der Waals surface area contributed by atoms with Gasteiger partial charge in [0.05, 0.1) is 11.6 Å². The molecule has 2 rings (SSSR count). The molecule has 1 unspecified atom stereocenters. The van der Waals surface area contributed by atoms with Crippen LogP contribution in [0.25, 0.3) is 0 Å². The van der Waals surface area contributed by atoms with Crippen molar-refractivity contribution in [3.05, 3.63) is 35.4 Å². The van der Waals surface area contributed by atoms with E-state index in [0.29, 0.717) is 18.4 Å². The van der Waals surface area contributed by atoms with Gasteiger partial charge in [0.25, 0.3) is 5.91 Å². The van der Waals surface area contributed by atoms with Gasteiger partial charge in [-0.05, 0) is 42.9 Å². The number of ether oxygens (including phenoxy) is 1. The Balaban J connectivity index is 1.97. The Morgan fingerprint density at radius 3 is 2.23 bits per heavy atom. The minimum absolute atomic E-state index is 0.00121. The van der Waals surface area contributed by atoms with Crippen molar-refractivity contribution < 1.29 is 14.3 Å². The van der Waals surface area contributed by atoms with Crippen LogP contribution in [0.15, 0.2) is 24.3 Å². The van der Waals surface area contributed by atoms with Crippen molar-refractivity contribution in [3.63, 3.8) is 0 Å². The molecule has 0 aromatic heterocycles. The van der Waals surface area contributed by atoms with Crippen molar-refractivity contribution in [1.82, 2.24) is 5.32 Å². The van der Waals surface area contributed by atoms with Crippen LogP contribution < -0.4 is 5.32 Å². The highest BCUT2D eigenvalue weighted by atomic mass is 16.5. The molecule has 1 aliphatic rings. The average molecular weight is 356 g/mol. The van der Waals surface area contributed by atoms with Crippen LogP contribution in [0.4, 0.5) is 0 Å². The van der Waals surface area contributed by atoms with E-state index in [9.17, 15) is 14.9 Å². The Bertz CT molecular complexity index is 689. The lowest BCUT2D eigenvalue weighted by atomic mass is 9.83. The molecule has 1 saturated carbocycles. The highest BCUT2D eigenvalue weighted by Crippen LogP contribution is 2.28. The maximum atomic E-state index is 12.4. The minimum atomic E-state index is -0.947. The van der Waals surface area contributed by atoms with E-state index in [1.807, 2.05) is 12.1 Å². The van der Waals surface area contributed by atoms with Crippen LogP contribution in [-0.2, 0) is 14.9 Å². The Labute approximate surface area is 155 Å². The number of nitrogens with one attached hydrogen (secondary N) is 1. The zero-order chi connectivity index (χ0) is 19.4. The summed E-state index contributed by atoms with van der Waals surface area (Å²) in [5.41, 5.74) is 0.699. The largest absolute Gasteiger partial charge is 0.449 e. The molecule has 0 saturated heterocycles. The zero-order valence-corrected chi connectivity index (χ0v) is 16.1. The number of nitrogens with zero attached hydrogens (tertiary/aromatic N) is 1. The predicted molar refractivity (Wildman–Crippen MR) is 99.6 cm³/mol. The molecular formula is C21H28N2O3. The SMILES string of the molecule is CC(OC(=O)c1ccc(C(C)(C)C)cc1)C(=O)NC1(C#N)CCCCC1. The number of nitriles is 1. The van der Waals surface area contributed by atoms with E-state index in [2.05, 4.69) is 32.2 Å². The third-order valence-corrected chi connectivity index (χ3v) is 4.92. The quantitative estimate of drug-likeness (QED) is 0.831. The Hall–Kier alpha value is -2.35. The first kappa shape index (κ1) is 20.0. The normalized spacial score (nSPS) is 17.7. The fraction of sp³-hybridized carbons (Fsp3) is 0.571. The van der Waals surface area contributed by atoms with Crippen LogP contribution in [0.2, 0.25) is 0 Å². The van der Waals surface area contributed by atoms with Crippen LogP contribution >= 0.6 is 0 Å². The second-order valence-corrected chi connectivity index (χ2v) is 8.12. The van der Waals surface area contributed by atoms with Gasteiger partial charge in [0.2, 0.25) is 0 Å². The van der Waals surface area contributed by atoms with Crippen LogP contribution in [0.1, 0.15) is 75.7 Å². The zero-order valence-electron chi connectivity index (χ0n) is 16.1. The third-order valence-electron chi connectivity index (χ3n) is 4.92. The Morgan fingerprint density at radius 1 is 1.15 bits per heavy atom. The molecule has 0 aliphatic heterocycles. The van der Waals surface area contributed by atoms with E-state index < -0.39 is 23.5 Å². The Morgan fingerprint density at radius 2 is 1.73 bits per heavy atom. The van der Waals surface area contributed by atoms with Crippen molar-refractivity contribution in [2.45, 2.75) is 76.9 Å². The molecule has 5 heteroatoms. The van der Waals surface area contributed by atoms with Gasteiger partial charge in [-0.1, -0.05) is 52.2 Å². The van der Waals surface area contributed by atoms with Gasteiger partial charge in [-0.3, -0.25) is 4.79 Å². The van der Waals surface area contributed by atoms with Gasteiger partial charge in [0, 0.05) is 0 Å². The van der Waals surface area contributed by atoms with Gasteiger partial charge in [-0.15, -0.1) is 0 Å². The number of hydrogen-bond donors (Lipinski definition) is 1. The molecule has 1 aromatic carbocycles. The number of amides is 1. The molecule has 0 spiro atoms. The summed E-state index contributed by atoms with van der Waals surface area (Å²) in [4.78, 5) is 24.7. The average Bonchev–Trinajstić information content (AvgIpc) is 2.61. The molecule has 0 bridgehead atoms. The molecule has 1 aromatic rings. The molecule has 140 valence electrons. The van der Waals surface area contributed by atoms with Crippen LogP contribution in [0.5, 0.6) is 0 Å². The molecule has 26 heavy (non-hydrogen) atoms. The summed E-state index contributed by atoms with van der Waals surface area (Å²) in [7, 11) is 0. The first-order valence-electron chi connectivity index (χ1n) is 9.22. The van der Waals surface area contributed by atoms with Crippen molar-refractivity contribution in [2.24, 2.45) is 0 Å². The van der Waals surface area contributed by atoms with Crippen LogP contribution in [0, 0.1) is 11.3 Å². The van der Waals surface area contributed by atoms with Gasteiger partial charge in [0.15, 0.2) is 6.10 Å². The number of rotatable bonds is 4. The molecule has 1 N–H and O–H groups in total. The lowest BCUT2D eigenvalue weighted by Crippen LogP contribution is -2.52. The van der Waals surface area contributed by atoms with E-state index in [0.717, 1.165) is 24.8 Å². The maximum Gasteiger partial charge on any atom is 0.338 e. The summed E-state index contributed by atoms with van der Waals surface area (Å²) in [6.45, 7) is 7.83. The van der Waals surface area contributed by atoms with Crippen molar-refractivity contribution >= 4 is 11.9 Å². The summed E-state index contributed by atoms with van der Waals surface area (Å²) < 4.78 is 5.29. The van der Waals surface area contributed by atoms with Gasteiger partial charge < -0.3 is 10.1 Å². The van der Waals surface area contributed by atoms with E-state index >= 15 is 0 Å². The van der Waals surface area contributed by atoms with Crippen molar-refractivity contribution in [3.8, 4) is 6.07 Å². The summed E-state index contributed by atoms with van der Waals surface area (Å²) >= 11 is 0. The number of hydrogen-bond acceptors (Lipinski definition) is 4. The maximum absolute atomic E-state index is 12.4. The molecular weight excluding hydrogens is 328 g/mol. The number of esters is 1. The van der Waals surface area contributed by atoms with Gasteiger partial charge in [-0.25, -0.2) is 4.79 Å². The summed E-state index contributed by atoms with van der Waals surface area (Å²) in [5.74, 6) is -0.962. The molecule has 1 atom stereocenters. The Kier molecular flexibility index (Phi) is 6.07. The van der Waals surface area contributed by atoms with Gasteiger partial charge in [0.1, 0.15) is 5.54 Å². The topological polar surface area (TPSA) is 79.2 Å². The lowest BCUT2D eigenvalue weighted by molar-refractivity contribution is -0.130. The summed E-state index contributed by atoms with van der Waals surface area (Å²) in [6, 6.07) is 9.46. The first-order chi connectivity index (χ1) is 12.2. The van der Waals surface area contributed by atoms with Crippen molar-refractivity contribution in [1.29, 1.82) is 5.26 Å². The third kappa shape index (κ3) is 4.85. The number of carbonyl (C=O) groups is 2. The molecule has 0 heterocycles. The fourth-order valence-electron chi connectivity index (χ4n) is 3.15. The minimum Gasteiger partial charge on any atom is -0.449 e. The van der Waals surface area contributed by atoms with E-state index in [1.165, 1.54) is 6.92 Å². The molecule has 1 amide bonds. The summed E-state index contributed by atoms with van der Waals surface area (Å²) in [5, 5.41) is 12.2. The van der Waals surface area contributed by atoms with E-state index in [-0.39, 0.29) is 5.41 Å². The number of benzene rings is 1. The lowest BCUT2D eigenvalue weighted by Gasteiger charge is -2.32. The second-order valence-electron chi connectivity index (χ2n) is 8.12. The van der Waals surface area contributed by atoms with Crippen LogP contribution in [-0.4, -0.2) is 23.5 Å². The smallest absolute Gasteiger partial charge is 0.338 e. The molecule has 1 fully saturated rings. The second kappa shape index (κ2) is 7.90. The van der Waals surface area contributed by atoms with E-state index in [4.69, 9.17) is 4.74 Å². The van der Waals surface area contributed by atoms with Crippen molar-refractivity contribution in [2.75, 3.05) is 0 Å². The van der Waals surface area contributed by atoms with Gasteiger partial charge >= 0.3 is 5.97 Å². The first-order valence-corrected chi connectivity index (χ1v) is 9.22. The fourth-order valence-corrected chi connectivity index (χ4v) is 3.15. The standard InChI is InChI=1S/C21H28N2O3/c1-15(18(24)23-21(14-22)12-6-5-7-13-21)26-19(25)16-8-10-17(11-9-16)20(2,3)4/h8-11,15H,5-7,12-13H2,1-4H3,(H,23,24). The van der Waals surface area contributed by atoms with E-state index in [1.54, 1.807) is 12.1 Å². The monoisotopic (exact) mass is 356 g/mol.